The number of hydrogen-bond donors (Lipinski definition) is 0. The van der Waals surface area contributed by atoms with Crippen LogP contribution in [-0.4, -0.2) is 24.1 Å². The molecule has 0 fully saturated rings. The molecule has 0 aliphatic rings. The van der Waals surface area contributed by atoms with Gasteiger partial charge in [0.25, 0.3) is 0 Å². The zero-order valence-electron chi connectivity index (χ0n) is 9.51. The minimum Gasteiger partial charge on any atom is -0.380 e. The molecule has 1 aromatic heterocycles. The summed E-state index contributed by atoms with van der Waals surface area (Å²) in [5.41, 5.74) is 1.81. The summed E-state index contributed by atoms with van der Waals surface area (Å²) >= 11 is 0. The minimum atomic E-state index is 0.135. The highest BCUT2D eigenvalue weighted by Gasteiger charge is 2.09. The van der Waals surface area contributed by atoms with E-state index in [4.69, 9.17) is 4.74 Å². The molecule has 0 amide bonds. The van der Waals surface area contributed by atoms with Gasteiger partial charge < -0.3 is 9.30 Å². The Balaban J connectivity index is 2.49. The summed E-state index contributed by atoms with van der Waals surface area (Å²) in [7, 11) is 1.69. The summed E-state index contributed by atoms with van der Waals surface area (Å²) in [4.78, 5) is 10.9. The predicted octanol–water partition coefficient (Wildman–Crippen LogP) is 2.49. The van der Waals surface area contributed by atoms with Crippen LogP contribution in [0.1, 0.15) is 17.3 Å². The molecule has 0 saturated heterocycles. The van der Waals surface area contributed by atoms with Crippen LogP contribution in [0.4, 0.5) is 0 Å². The lowest BCUT2D eigenvalue weighted by molar-refractivity contribution is 0.104. The summed E-state index contributed by atoms with van der Waals surface area (Å²) in [5, 5.41) is 1.00. The molecule has 1 aromatic carbocycles. The number of ether oxygens (including phenoxy) is 1. The Morgan fingerprint density at radius 1 is 1.44 bits per heavy atom. The normalized spacial score (nSPS) is 12.9. The molecule has 16 heavy (non-hydrogen) atoms. The molecule has 3 nitrogen and oxygen atoms in total. The zero-order chi connectivity index (χ0) is 11.5. The third kappa shape index (κ3) is 1.86. The first kappa shape index (κ1) is 10.9. The van der Waals surface area contributed by atoms with E-state index in [9.17, 15) is 4.79 Å². The van der Waals surface area contributed by atoms with Crippen LogP contribution in [0.2, 0.25) is 0 Å². The summed E-state index contributed by atoms with van der Waals surface area (Å²) in [6, 6.07) is 7.90. The first-order valence-corrected chi connectivity index (χ1v) is 5.32. The van der Waals surface area contributed by atoms with E-state index in [1.54, 1.807) is 7.11 Å². The monoisotopic (exact) mass is 217 g/mol. The number of benzene rings is 1. The molecule has 0 radical (unpaired) electrons. The molecule has 0 N–H and O–H groups in total. The van der Waals surface area contributed by atoms with E-state index in [2.05, 4.69) is 4.57 Å². The highest BCUT2D eigenvalue weighted by molar-refractivity contribution is 5.97. The summed E-state index contributed by atoms with van der Waals surface area (Å²) in [5.74, 6) is 0. The molecule has 2 rings (SSSR count). The van der Waals surface area contributed by atoms with Crippen molar-refractivity contribution in [2.24, 2.45) is 0 Å². The van der Waals surface area contributed by atoms with E-state index in [1.165, 1.54) is 0 Å². The van der Waals surface area contributed by atoms with E-state index in [0.717, 1.165) is 29.3 Å². The Morgan fingerprint density at radius 2 is 2.19 bits per heavy atom. The van der Waals surface area contributed by atoms with Gasteiger partial charge in [-0.3, -0.25) is 4.79 Å². The first-order valence-electron chi connectivity index (χ1n) is 5.32. The molecular weight excluding hydrogens is 202 g/mol. The number of rotatable bonds is 4. The van der Waals surface area contributed by atoms with E-state index >= 15 is 0 Å². The molecule has 0 spiro atoms. The Morgan fingerprint density at radius 3 is 2.88 bits per heavy atom. The summed E-state index contributed by atoms with van der Waals surface area (Å²) in [6.07, 6.45) is 2.92. The van der Waals surface area contributed by atoms with Crippen molar-refractivity contribution in [3.05, 3.63) is 36.0 Å². The van der Waals surface area contributed by atoms with Gasteiger partial charge in [0, 0.05) is 36.3 Å². The van der Waals surface area contributed by atoms with Crippen molar-refractivity contribution in [2.75, 3.05) is 7.11 Å². The van der Waals surface area contributed by atoms with Crippen molar-refractivity contribution in [3.8, 4) is 0 Å². The second kappa shape index (κ2) is 4.49. The van der Waals surface area contributed by atoms with E-state index in [0.29, 0.717) is 0 Å². The zero-order valence-corrected chi connectivity index (χ0v) is 9.51. The van der Waals surface area contributed by atoms with Gasteiger partial charge in [-0.1, -0.05) is 18.2 Å². The summed E-state index contributed by atoms with van der Waals surface area (Å²) < 4.78 is 7.30. The second-order valence-corrected chi connectivity index (χ2v) is 3.92. The second-order valence-electron chi connectivity index (χ2n) is 3.92. The third-order valence-corrected chi connectivity index (χ3v) is 2.80. The number of carbonyl (C=O) groups is 1. The van der Waals surface area contributed by atoms with Crippen molar-refractivity contribution >= 4 is 17.2 Å². The standard InChI is InChI=1S/C13H15NO2/c1-10(16-2)7-14-8-11(9-15)12-5-3-4-6-13(12)14/h3-6,8-10H,7H2,1-2H3. The molecule has 0 aliphatic heterocycles. The molecule has 0 bridgehead atoms. The highest BCUT2D eigenvalue weighted by atomic mass is 16.5. The maximum Gasteiger partial charge on any atom is 0.152 e. The van der Waals surface area contributed by atoms with Crippen LogP contribution < -0.4 is 0 Å². The number of nitrogens with zero attached hydrogens (tertiary/aromatic N) is 1. The number of aldehydes is 1. The molecule has 1 heterocycles. The number of methoxy groups -OCH3 is 1. The number of para-hydroxylation sites is 1. The van der Waals surface area contributed by atoms with Crippen LogP contribution in [0.5, 0.6) is 0 Å². The van der Waals surface area contributed by atoms with Gasteiger partial charge in [0.05, 0.1) is 6.10 Å². The van der Waals surface area contributed by atoms with Crippen LogP contribution in [0, 0.1) is 0 Å². The topological polar surface area (TPSA) is 31.2 Å². The van der Waals surface area contributed by atoms with Crippen molar-refractivity contribution in [1.29, 1.82) is 0 Å². The van der Waals surface area contributed by atoms with Gasteiger partial charge in [-0.2, -0.15) is 0 Å². The number of hydrogen-bond acceptors (Lipinski definition) is 2. The molecule has 84 valence electrons. The Hall–Kier alpha value is -1.61. The lowest BCUT2D eigenvalue weighted by atomic mass is 10.2. The Labute approximate surface area is 94.6 Å². The van der Waals surface area contributed by atoms with Crippen molar-refractivity contribution in [1.82, 2.24) is 4.57 Å². The van der Waals surface area contributed by atoms with Gasteiger partial charge in [-0.05, 0) is 13.0 Å². The smallest absolute Gasteiger partial charge is 0.152 e. The lowest BCUT2D eigenvalue weighted by Crippen LogP contribution is -2.13. The van der Waals surface area contributed by atoms with Gasteiger partial charge in [-0.15, -0.1) is 0 Å². The quantitative estimate of drug-likeness (QED) is 0.737. The largest absolute Gasteiger partial charge is 0.380 e. The van der Waals surface area contributed by atoms with Crippen molar-refractivity contribution in [2.45, 2.75) is 19.6 Å². The SMILES string of the molecule is COC(C)Cn1cc(C=O)c2ccccc21. The molecule has 2 aromatic rings. The maximum atomic E-state index is 10.9. The average molecular weight is 217 g/mol. The van der Waals surface area contributed by atoms with Crippen LogP contribution in [-0.2, 0) is 11.3 Å². The molecule has 3 heteroatoms. The third-order valence-electron chi connectivity index (χ3n) is 2.80. The minimum absolute atomic E-state index is 0.135. The van der Waals surface area contributed by atoms with Gasteiger partial charge in [0.15, 0.2) is 6.29 Å². The highest BCUT2D eigenvalue weighted by Crippen LogP contribution is 2.20. The first-order chi connectivity index (χ1) is 7.76. The molecule has 1 unspecified atom stereocenters. The van der Waals surface area contributed by atoms with E-state index in [1.807, 2.05) is 37.4 Å². The fourth-order valence-corrected chi connectivity index (χ4v) is 1.87. The van der Waals surface area contributed by atoms with Gasteiger partial charge >= 0.3 is 0 Å². The van der Waals surface area contributed by atoms with Crippen molar-refractivity contribution in [3.63, 3.8) is 0 Å². The Kier molecular flexibility index (Phi) is 3.06. The van der Waals surface area contributed by atoms with Gasteiger partial charge in [0.2, 0.25) is 0 Å². The van der Waals surface area contributed by atoms with Crippen LogP contribution in [0.15, 0.2) is 30.5 Å². The Bertz CT molecular complexity index is 502. The maximum absolute atomic E-state index is 10.9. The molecular formula is C13H15NO2. The lowest BCUT2D eigenvalue weighted by Gasteiger charge is -2.11. The number of fused-ring (bicyclic) bond motifs is 1. The van der Waals surface area contributed by atoms with Gasteiger partial charge in [0.1, 0.15) is 0 Å². The predicted molar refractivity (Wildman–Crippen MR) is 63.8 cm³/mol. The van der Waals surface area contributed by atoms with E-state index < -0.39 is 0 Å². The molecule has 1 atom stereocenters. The van der Waals surface area contributed by atoms with Crippen LogP contribution in [0.25, 0.3) is 10.9 Å². The fraction of sp³-hybridized carbons (Fsp3) is 0.308. The number of carbonyl (C=O) groups excluding carboxylic acids is 1. The van der Waals surface area contributed by atoms with Gasteiger partial charge in [-0.25, -0.2) is 0 Å². The van der Waals surface area contributed by atoms with Crippen LogP contribution in [0.3, 0.4) is 0 Å². The van der Waals surface area contributed by atoms with Crippen LogP contribution >= 0.6 is 0 Å². The molecule has 0 saturated carbocycles. The number of aromatic nitrogens is 1. The average Bonchev–Trinajstić information content (AvgIpc) is 2.68. The summed E-state index contributed by atoms with van der Waals surface area (Å²) in [6.45, 7) is 2.76. The fourth-order valence-electron chi connectivity index (χ4n) is 1.87. The van der Waals surface area contributed by atoms with E-state index in [-0.39, 0.29) is 6.10 Å². The molecule has 0 aliphatic carbocycles. The van der Waals surface area contributed by atoms with Crippen molar-refractivity contribution < 1.29 is 9.53 Å².